The van der Waals surface area contributed by atoms with E-state index in [0.717, 1.165) is 11.9 Å². The van der Waals surface area contributed by atoms with E-state index in [4.69, 9.17) is 13.9 Å². The lowest BCUT2D eigenvalue weighted by Gasteiger charge is -2.49. The molecular formula is C35H42O5Si. The van der Waals surface area contributed by atoms with Crippen molar-refractivity contribution in [2.45, 2.75) is 58.6 Å². The fourth-order valence-corrected chi connectivity index (χ4v) is 10.9. The normalized spacial score (nSPS) is 25.2. The summed E-state index contributed by atoms with van der Waals surface area (Å²) in [5, 5.41) is 2.30. The number of rotatable bonds is 9. The molecule has 0 amide bonds. The van der Waals surface area contributed by atoms with Gasteiger partial charge in [-0.1, -0.05) is 113 Å². The Hall–Kier alpha value is -3.48. The summed E-state index contributed by atoms with van der Waals surface area (Å²) < 4.78 is 19.1. The highest BCUT2D eigenvalue weighted by Gasteiger charge is 2.59. The molecule has 0 radical (unpaired) electrons. The number of allylic oxidation sites excluding steroid dienone is 3. The molecule has 4 rings (SSSR count). The summed E-state index contributed by atoms with van der Waals surface area (Å²) in [5.74, 6) is 0.167. The number of hydrogen-bond donors (Lipinski definition) is 0. The Balaban J connectivity index is 1.83. The molecule has 2 aromatic rings. The monoisotopic (exact) mass is 570 g/mol. The molecular weight excluding hydrogens is 528 g/mol. The van der Waals surface area contributed by atoms with Crippen LogP contribution in [0.15, 0.2) is 108 Å². The minimum atomic E-state index is -2.75. The summed E-state index contributed by atoms with van der Waals surface area (Å²) >= 11 is 0. The van der Waals surface area contributed by atoms with E-state index in [-0.39, 0.29) is 11.0 Å². The van der Waals surface area contributed by atoms with E-state index in [0.29, 0.717) is 24.4 Å². The van der Waals surface area contributed by atoms with Gasteiger partial charge in [0.1, 0.15) is 12.0 Å². The maximum atomic E-state index is 12.6. The standard InChI is InChI=1S/C35H42O5Si/c1-26(24-36)15-14-20-34(6)23-28(27(2)22-35(34)31(38-7)21-32(37)40-35)25-39-41(33(3,4)5,29-16-10-8-11-17-29)30-18-12-9-13-19-30/h8-21,23-24,27H,22,25H2,1-7H3/b20-14+,26-15+/t27-,34-,35+/m0/s1. The van der Waals surface area contributed by atoms with Crippen molar-refractivity contribution in [2.75, 3.05) is 13.7 Å². The molecule has 0 saturated carbocycles. The van der Waals surface area contributed by atoms with E-state index in [9.17, 15) is 9.59 Å². The maximum absolute atomic E-state index is 12.6. The molecule has 2 aliphatic rings. The number of hydrogen-bond acceptors (Lipinski definition) is 5. The molecule has 0 N–H and O–H groups in total. The second kappa shape index (κ2) is 11.8. The molecule has 6 heteroatoms. The van der Waals surface area contributed by atoms with Gasteiger partial charge in [0, 0.05) is 6.42 Å². The highest BCUT2D eigenvalue weighted by atomic mass is 28.4. The zero-order valence-electron chi connectivity index (χ0n) is 25.3. The van der Waals surface area contributed by atoms with Crippen LogP contribution >= 0.6 is 0 Å². The maximum Gasteiger partial charge on any atom is 0.335 e. The van der Waals surface area contributed by atoms with Gasteiger partial charge in [-0.15, -0.1) is 0 Å². The molecule has 1 aliphatic heterocycles. The Bertz CT molecular complexity index is 1340. The number of esters is 1. The zero-order chi connectivity index (χ0) is 29.9. The van der Waals surface area contributed by atoms with Crippen molar-refractivity contribution in [3.8, 4) is 0 Å². The second-order valence-corrected chi connectivity index (χ2v) is 16.7. The third kappa shape index (κ3) is 5.55. The Labute approximate surface area is 245 Å². The van der Waals surface area contributed by atoms with Crippen molar-refractivity contribution < 1.29 is 23.5 Å². The highest BCUT2D eigenvalue weighted by Crippen LogP contribution is 2.54. The summed E-state index contributed by atoms with van der Waals surface area (Å²) in [6.45, 7) is 13.2. The van der Waals surface area contributed by atoms with Gasteiger partial charge in [-0.25, -0.2) is 4.79 Å². The molecule has 0 aromatic heterocycles. The van der Waals surface area contributed by atoms with Crippen LogP contribution in [0, 0.1) is 11.3 Å². The molecule has 1 spiro atoms. The molecule has 3 atom stereocenters. The third-order valence-electron chi connectivity index (χ3n) is 8.58. The van der Waals surface area contributed by atoms with Crippen molar-refractivity contribution >= 4 is 30.9 Å². The largest absolute Gasteiger partial charge is 0.497 e. The number of ether oxygens (including phenoxy) is 2. The first-order valence-corrected chi connectivity index (χ1v) is 16.1. The van der Waals surface area contributed by atoms with Gasteiger partial charge in [-0.05, 0) is 46.3 Å². The van der Waals surface area contributed by atoms with Crippen LogP contribution in [0.5, 0.6) is 0 Å². The molecule has 216 valence electrons. The van der Waals surface area contributed by atoms with Gasteiger partial charge >= 0.3 is 5.97 Å². The predicted molar refractivity (Wildman–Crippen MR) is 166 cm³/mol. The van der Waals surface area contributed by atoms with Crippen LogP contribution in [-0.4, -0.2) is 39.9 Å². The Kier molecular flexibility index (Phi) is 8.76. The SMILES string of the molecule is COC1=CC(=O)O[C@]12C[C@H](C)C(CO[Si](c1ccccc1)(c1ccccc1)C(C)(C)C)=C[C@]2(C)/C=C/C=C(\C)C=O. The van der Waals surface area contributed by atoms with Crippen LogP contribution < -0.4 is 10.4 Å². The highest BCUT2D eigenvalue weighted by molar-refractivity contribution is 6.99. The van der Waals surface area contributed by atoms with Crippen LogP contribution in [0.25, 0.3) is 0 Å². The van der Waals surface area contributed by atoms with Crippen molar-refractivity contribution in [3.63, 3.8) is 0 Å². The molecule has 0 saturated heterocycles. The topological polar surface area (TPSA) is 61.8 Å². The summed E-state index contributed by atoms with van der Waals surface area (Å²) in [6.07, 6.45) is 10.6. The number of methoxy groups -OCH3 is 1. The smallest absolute Gasteiger partial charge is 0.335 e. The van der Waals surface area contributed by atoms with Crippen LogP contribution in [0.4, 0.5) is 0 Å². The molecule has 1 heterocycles. The first-order chi connectivity index (χ1) is 19.4. The molecule has 0 unspecified atom stereocenters. The van der Waals surface area contributed by atoms with Crippen LogP contribution in [-0.2, 0) is 23.5 Å². The Morgan fingerprint density at radius 2 is 1.66 bits per heavy atom. The van der Waals surface area contributed by atoms with Gasteiger partial charge < -0.3 is 13.9 Å². The summed E-state index contributed by atoms with van der Waals surface area (Å²) in [4.78, 5) is 23.8. The first-order valence-electron chi connectivity index (χ1n) is 14.2. The minimum Gasteiger partial charge on any atom is -0.497 e. The Morgan fingerprint density at radius 1 is 1.07 bits per heavy atom. The number of aldehydes is 1. The van der Waals surface area contributed by atoms with Gasteiger partial charge in [-0.3, -0.25) is 4.79 Å². The lowest BCUT2D eigenvalue weighted by atomic mass is 9.62. The number of benzene rings is 2. The van der Waals surface area contributed by atoms with Gasteiger partial charge in [0.05, 0.1) is 25.2 Å². The van der Waals surface area contributed by atoms with Crippen molar-refractivity contribution in [1.82, 2.24) is 0 Å². The van der Waals surface area contributed by atoms with Crippen molar-refractivity contribution in [2.24, 2.45) is 11.3 Å². The lowest BCUT2D eigenvalue weighted by molar-refractivity contribution is -0.157. The van der Waals surface area contributed by atoms with Crippen LogP contribution in [0.3, 0.4) is 0 Å². The second-order valence-electron chi connectivity index (χ2n) is 12.4. The van der Waals surface area contributed by atoms with E-state index in [2.05, 4.69) is 82.3 Å². The third-order valence-corrected chi connectivity index (χ3v) is 13.6. The molecule has 5 nitrogen and oxygen atoms in total. The average molecular weight is 571 g/mol. The van der Waals surface area contributed by atoms with Gasteiger partial charge in [0.2, 0.25) is 0 Å². The fraction of sp³-hybridized carbons (Fsp3) is 0.371. The van der Waals surface area contributed by atoms with Crippen molar-refractivity contribution in [3.05, 3.63) is 108 Å². The Morgan fingerprint density at radius 3 is 2.17 bits per heavy atom. The summed E-state index contributed by atoms with van der Waals surface area (Å²) in [6, 6.07) is 21.2. The van der Waals surface area contributed by atoms with E-state index >= 15 is 0 Å². The van der Waals surface area contributed by atoms with E-state index in [1.807, 2.05) is 31.2 Å². The number of carbonyl (C=O) groups is 2. The van der Waals surface area contributed by atoms with Crippen LogP contribution in [0.1, 0.15) is 48.0 Å². The van der Waals surface area contributed by atoms with Gasteiger partial charge in [-0.2, -0.15) is 0 Å². The quantitative estimate of drug-likeness (QED) is 0.0916. The van der Waals surface area contributed by atoms with Gasteiger partial charge in [0.25, 0.3) is 8.32 Å². The van der Waals surface area contributed by atoms with E-state index in [1.54, 1.807) is 20.1 Å². The predicted octanol–water partition coefficient (Wildman–Crippen LogP) is 6.06. The lowest BCUT2D eigenvalue weighted by Crippen LogP contribution is -2.66. The van der Waals surface area contributed by atoms with Crippen LogP contribution in [0.2, 0.25) is 5.04 Å². The summed E-state index contributed by atoms with van der Waals surface area (Å²) in [7, 11) is -1.18. The van der Waals surface area contributed by atoms with E-state index < -0.39 is 25.3 Å². The van der Waals surface area contributed by atoms with Gasteiger partial charge in [0.15, 0.2) is 5.60 Å². The minimum absolute atomic E-state index is 0.0615. The van der Waals surface area contributed by atoms with E-state index in [1.165, 1.54) is 16.4 Å². The summed E-state index contributed by atoms with van der Waals surface area (Å²) in [5.41, 5.74) is 0.0223. The molecule has 1 aliphatic carbocycles. The average Bonchev–Trinajstić information content (AvgIpc) is 3.28. The van der Waals surface area contributed by atoms with Crippen molar-refractivity contribution in [1.29, 1.82) is 0 Å². The molecule has 41 heavy (non-hydrogen) atoms. The zero-order valence-corrected chi connectivity index (χ0v) is 26.3. The first kappa shape index (κ1) is 30.5. The fourth-order valence-electron chi connectivity index (χ4n) is 6.40. The molecule has 2 aromatic carbocycles. The molecule has 0 fully saturated rings. The molecule has 0 bridgehead atoms. The number of carbonyl (C=O) groups excluding carboxylic acids is 2.